The molecule has 1 aliphatic heterocycles. The number of ether oxygens (including phenoxy) is 3. The summed E-state index contributed by atoms with van der Waals surface area (Å²) in [6.45, 7) is -0.588. The van der Waals surface area contributed by atoms with Crippen LogP contribution in [0, 0.1) is 11.8 Å². The molecule has 6 aromatic rings. The van der Waals surface area contributed by atoms with Crippen molar-refractivity contribution < 1.29 is 139 Å². The van der Waals surface area contributed by atoms with Crippen molar-refractivity contribution in [2.75, 3.05) is 62.4 Å². The lowest BCUT2D eigenvalue weighted by molar-refractivity contribution is -0.147. The third-order valence-electron chi connectivity index (χ3n) is 18.2. The first-order chi connectivity index (χ1) is 57.0. The summed E-state index contributed by atoms with van der Waals surface area (Å²) in [7, 11) is -14.6. The van der Waals surface area contributed by atoms with E-state index in [0.717, 1.165) is 44.5 Å². The number of alkyl carbamates (subject to hydrolysis) is 2. The van der Waals surface area contributed by atoms with E-state index >= 15 is 0 Å². The summed E-state index contributed by atoms with van der Waals surface area (Å²) in [4.78, 5) is 189. The monoisotopic (exact) mass is 1790 g/mol. The number of hydrogen-bond acceptors (Lipinski definition) is 27. The van der Waals surface area contributed by atoms with Crippen molar-refractivity contribution in [2.45, 2.75) is 131 Å². The van der Waals surface area contributed by atoms with Crippen molar-refractivity contribution >= 4 is 140 Å². The van der Waals surface area contributed by atoms with Gasteiger partial charge in [-0.25, -0.2) is 32.9 Å². The number of rotatable bonds is 44. The van der Waals surface area contributed by atoms with Crippen molar-refractivity contribution in [3.63, 3.8) is 0 Å². The van der Waals surface area contributed by atoms with Crippen LogP contribution in [0.15, 0.2) is 108 Å². The van der Waals surface area contributed by atoms with Gasteiger partial charge in [0.25, 0.3) is 5.56 Å². The number of nitrogens with one attached hydrogen (secondary N) is 8. The Morgan fingerprint density at radius 1 is 0.600 bits per heavy atom. The average molecular weight is 1790 g/mol. The first-order valence-electron chi connectivity index (χ1n) is 36.9. The molecule has 41 nitrogen and oxygen atoms in total. The van der Waals surface area contributed by atoms with Crippen LogP contribution in [0.25, 0.3) is 33.3 Å². The molecule has 9 rings (SSSR count). The Bertz CT molecular complexity index is 4920. The predicted molar refractivity (Wildman–Crippen MR) is 433 cm³/mol. The van der Waals surface area contributed by atoms with Gasteiger partial charge in [0, 0.05) is 74.1 Å². The summed E-state index contributed by atoms with van der Waals surface area (Å²) >= 11 is 4.17. The quantitative estimate of drug-likeness (QED) is 0.00809. The summed E-state index contributed by atoms with van der Waals surface area (Å²) in [5.41, 5.74) is 13.5. The van der Waals surface area contributed by atoms with Gasteiger partial charge in [0.2, 0.25) is 35.5 Å². The topological polar surface area (TPSA) is 637 Å². The Balaban J connectivity index is 0.000000374. The maximum Gasteiger partial charge on any atom is 0.490 e. The van der Waals surface area contributed by atoms with Gasteiger partial charge in [-0.15, -0.1) is 0 Å². The second kappa shape index (κ2) is 45.5. The molecule has 2 aliphatic carbocycles. The minimum absolute atomic E-state index is 0.00267. The number of phosphoric acid groups is 3. The number of aromatic amines is 1. The van der Waals surface area contributed by atoms with Gasteiger partial charge in [0.15, 0.2) is 5.65 Å². The fraction of sp³-hybridized carbons (Fsp3) is 0.411. The number of anilines is 1. The smallest absolute Gasteiger partial charge is 0.481 e. The Hall–Kier alpha value is -10.2. The van der Waals surface area contributed by atoms with E-state index in [1.807, 2.05) is 97.1 Å². The molecule has 0 spiro atoms. The van der Waals surface area contributed by atoms with Crippen molar-refractivity contribution in [2.24, 2.45) is 0 Å². The molecule has 0 saturated carbocycles. The summed E-state index contributed by atoms with van der Waals surface area (Å²) in [6.07, 6.45) is -3.29. The van der Waals surface area contributed by atoms with Gasteiger partial charge >= 0.3 is 59.5 Å². The molecular formula is C73H88N11O30P3S3. The standard InChI is InChI=1S/C45H55N8O22P3S2.C28H33N3O8S/c46-44-51-40-39(42(60)52-44)25(21-53(40)37-20-33(54)34(73-37)23-72-77(67,68)75-78(69,70)74-76(64,65)66)9-8-17-47-35(55)15-18-79-80-24-32(41(59)48-16-7-1-2-14-36(56)49-31(43(61)62)19-38(57)58)50-45(63)71-22-30-28-12-5-3-10-26(28)27-11-4-6-13-29(27)30;32-24(30-22(27(36)37)14-25(33)34)12-2-1-7-13-29-26(35)23(16-40)31-28(38)39-15-21-19-10-5-3-8-17(19)18-9-4-6-11-20(18)21/h3-6,10-13,21,30-34,37,54H,1-2,7,14-20,22-24H2,(H,47,55)(H,48,59)(H,49,56)(H,50,63)(H,57,58)(H,61,62)(H,67,68)(H,69,70)(H2,64,65,66)(H3,46,51,52,60);3-6,8-11,21-23,40H,1-2,7,12-16H2,(H,29,35)(H,30,32)(H,31,38)(H,33,34)(H,36,37). The van der Waals surface area contributed by atoms with Crippen molar-refractivity contribution in [3.05, 3.63) is 141 Å². The van der Waals surface area contributed by atoms with Crippen molar-refractivity contribution in [3.8, 4) is 34.1 Å². The zero-order valence-corrected chi connectivity index (χ0v) is 68.7. The molecule has 3 heterocycles. The molecule has 47 heteroatoms. The molecular weight excluding hydrogens is 1700 g/mol. The number of thiol groups is 1. The average Bonchev–Trinajstić information content (AvgIpc) is 1.65. The second-order valence-electron chi connectivity index (χ2n) is 26.9. The van der Waals surface area contributed by atoms with Crippen LogP contribution in [0.2, 0.25) is 0 Å². The third-order valence-corrected chi connectivity index (χ3v) is 24.8. The van der Waals surface area contributed by atoms with Gasteiger partial charge in [-0.3, -0.25) is 47.9 Å². The van der Waals surface area contributed by atoms with Gasteiger partial charge in [-0.2, -0.15) is 26.2 Å². The van der Waals surface area contributed by atoms with E-state index in [1.165, 1.54) is 32.4 Å². The number of aliphatic carboxylic acids is 4. The molecule has 19 N–H and O–H groups in total. The van der Waals surface area contributed by atoms with Crippen LogP contribution in [0.4, 0.5) is 15.5 Å². The number of aliphatic hydroxyl groups excluding tert-OH is 1. The van der Waals surface area contributed by atoms with Crippen LogP contribution in [0.5, 0.6) is 0 Å². The number of hydrogen-bond donors (Lipinski definition) is 19. The van der Waals surface area contributed by atoms with E-state index in [9.17, 15) is 91.2 Å². The van der Waals surface area contributed by atoms with E-state index in [2.05, 4.69) is 84.8 Å². The number of aliphatic hydroxyl groups is 1. The minimum Gasteiger partial charge on any atom is -0.481 e. The number of carboxylic acid groups (broad SMARTS) is 4. The highest BCUT2D eigenvalue weighted by atomic mass is 33.1. The lowest BCUT2D eigenvalue weighted by Crippen LogP contribution is -2.48. The first kappa shape index (κ1) is 95.3. The first-order valence-corrected chi connectivity index (χ1v) is 44.5. The number of nitrogens with two attached hydrogens (primary N) is 1. The molecule has 120 heavy (non-hydrogen) atoms. The van der Waals surface area contributed by atoms with Gasteiger partial charge in [0.1, 0.15) is 49.7 Å². The summed E-state index contributed by atoms with van der Waals surface area (Å²) < 4.78 is 65.1. The second-order valence-corrected chi connectivity index (χ2v) is 34.3. The van der Waals surface area contributed by atoms with E-state index < -0.39 is 157 Å². The Labute approximate surface area is 696 Å². The molecule has 1 fully saturated rings. The SMILES string of the molecule is Nc1nc2c(c(C#CCNC(=O)CCSSCC(NC(=O)OCC3c4ccccc4-c4ccccc43)C(=O)NCCCCCC(=O)NC(CC(=O)O)C(=O)O)cn2C2CC(O)C(COP(=O)(O)OP(=O)(O)OP(=O)(O)O)O2)c(=O)[nH]1.O=C(O)CC(NC(=O)CCCCCNC(=O)C(CS)NC(=O)OCC1c2ccccc2-c2ccccc21)C(=O)O. The number of carbonyl (C=O) groups excluding carboxylic acids is 7. The maximum atomic E-state index is 13.5. The molecule has 2 aromatic heterocycles. The largest absolute Gasteiger partial charge is 0.490 e. The maximum absolute atomic E-state index is 13.5. The number of unbranched alkanes of at least 4 members (excludes halogenated alkanes) is 4. The fourth-order valence-corrected chi connectivity index (χ4v) is 18.2. The van der Waals surface area contributed by atoms with Crippen LogP contribution in [0.3, 0.4) is 0 Å². The third kappa shape index (κ3) is 29.3. The molecule has 9 atom stereocenters. The zero-order valence-electron chi connectivity index (χ0n) is 63.5. The van der Waals surface area contributed by atoms with Gasteiger partial charge in [0.05, 0.1) is 43.0 Å². The highest BCUT2D eigenvalue weighted by Crippen LogP contribution is 2.66. The molecule has 0 bridgehead atoms. The van der Waals surface area contributed by atoms with Crippen molar-refractivity contribution in [1.29, 1.82) is 0 Å². The Kier molecular flexibility index (Phi) is 36.1. The van der Waals surface area contributed by atoms with Crippen LogP contribution < -0.4 is 48.5 Å². The van der Waals surface area contributed by atoms with E-state index in [1.54, 1.807) is 0 Å². The zero-order chi connectivity index (χ0) is 87.4. The highest BCUT2D eigenvalue weighted by Gasteiger charge is 2.44. The van der Waals surface area contributed by atoms with Crippen LogP contribution in [-0.2, 0) is 84.2 Å². The number of nitrogen functional groups attached to an aromatic ring is 1. The molecule has 4 aromatic carbocycles. The Morgan fingerprint density at radius 3 is 1.54 bits per heavy atom. The molecule has 1 saturated heterocycles. The molecule has 9 unspecified atom stereocenters. The van der Waals surface area contributed by atoms with Crippen LogP contribution in [-0.4, -0.2) is 218 Å². The number of nitrogens with zero attached hydrogens (tertiary/aromatic N) is 2. The van der Waals surface area contributed by atoms with Gasteiger partial charge in [-0.05, 0) is 70.2 Å². The van der Waals surface area contributed by atoms with Crippen molar-refractivity contribution in [1.82, 2.24) is 51.8 Å². The number of carbonyl (C=O) groups is 11. The van der Waals surface area contributed by atoms with E-state index in [4.69, 9.17) is 45.1 Å². The van der Waals surface area contributed by atoms with E-state index in [-0.39, 0.29) is 104 Å². The number of amides is 7. The number of phosphoric ester groups is 1. The molecule has 0 radical (unpaired) electrons. The summed E-state index contributed by atoms with van der Waals surface area (Å²) in [5, 5.41) is 64.1. The number of fused-ring (bicyclic) bond motifs is 7. The lowest BCUT2D eigenvalue weighted by Gasteiger charge is -2.19. The highest BCUT2D eigenvalue weighted by molar-refractivity contribution is 8.76. The van der Waals surface area contributed by atoms with Crippen LogP contribution >= 0.6 is 57.7 Å². The number of H-pyrrole nitrogens is 1. The minimum atomic E-state index is -5.82. The predicted octanol–water partition coefficient (Wildman–Crippen LogP) is 4.71. The normalized spacial score (nSPS) is 16.5. The van der Waals surface area contributed by atoms with Gasteiger partial charge < -0.3 is 107 Å². The van der Waals surface area contributed by atoms with E-state index in [0.29, 0.717) is 45.1 Å². The van der Waals surface area contributed by atoms with Gasteiger partial charge in [-0.1, -0.05) is 143 Å². The fourth-order valence-electron chi connectivity index (χ4n) is 12.7. The molecule has 648 valence electrons. The number of benzene rings is 4. The number of aromatic nitrogens is 3. The summed E-state index contributed by atoms with van der Waals surface area (Å²) in [6, 6.07) is 26.5. The van der Waals surface area contributed by atoms with Crippen LogP contribution in [0.1, 0.15) is 123 Å². The number of carboxylic acids is 4. The summed E-state index contributed by atoms with van der Waals surface area (Å²) in [5.74, 6) is -2.93. The molecule has 7 amide bonds. The lowest BCUT2D eigenvalue weighted by atomic mass is 9.98. The molecule has 3 aliphatic rings. The Morgan fingerprint density at radius 2 is 1.07 bits per heavy atom.